The number of nitrogen functional groups attached to an aromatic ring is 1. The second-order valence-electron chi connectivity index (χ2n) is 4.77. The second-order valence-corrected chi connectivity index (χ2v) is 5.82. The predicted molar refractivity (Wildman–Crippen MR) is 76.2 cm³/mol. The van der Waals surface area contributed by atoms with E-state index in [1.165, 1.54) is 24.3 Å². The van der Waals surface area contributed by atoms with Crippen molar-refractivity contribution in [3.05, 3.63) is 10.9 Å². The van der Waals surface area contributed by atoms with Crippen molar-refractivity contribution < 1.29 is 4.79 Å². The lowest BCUT2D eigenvalue weighted by atomic mass is 10.1. The van der Waals surface area contributed by atoms with Crippen LogP contribution in [0.25, 0.3) is 0 Å². The maximum atomic E-state index is 11.5. The van der Waals surface area contributed by atoms with Crippen LogP contribution in [0.5, 0.6) is 0 Å². The molecule has 1 aliphatic heterocycles. The van der Waals surface area contributed by atoms with Crippen LogP contribution in [0.4, 0.5) is 10.7 Å². The van der Waals surface area contributed by atoms with Crippen molar-refractivity contribution in [2.75, 3.05) is 44.8 Å². The largest absolute Gasteiger partial charge is 0.397 e. The molecule has 4 N–H and O–H groups in total. The summed E-state index contributed by atoms with van der Waals surface area (Å²) in [6.45, 7) is 3.25. The van der Waals surface area contributed by atoms with Crippen molar-refractivity contribution in [2.24, 2.45) is 5.92 Å². The van der Waals surface area contributed by atoms with E-state index in [0.29, 0.717) is 16.5 Å². The number of anilines is 2. The van der Waals surface area contributed by atoms with Gasteiger partial charge < -0.3 is 21.3 Å². The fourth-order valence-electron chi connectivity index (χ4n) is 2.22. The minimum Gasteiger partial charge on any atom is -0.397 e. The van der Waals surface area contributed by atoms with Crippen molar-refractivity contribution in [1.29, 1.82) is 0 Å². The first kappa shape index (κ1) is 13.2. The number of carbonyl (C=O) groups excluding carboxylic acids is 1. The molecular formula is C12H20N4OS. The number of likely N-dealkylation sites (tertiary alicyclic amines) is 1. The average molecular weight is 268 g/mol. The molecular weight excluding hydrogens is 248 g/mol. The van der Waals surface area contributed by atoms with E-state index in [4.69, 9.17) is 5.73 Å². The Kier molecular flexibility index (Phi) is 4.08. The number of carbonyl (C=O) groups is 1. The molecule has 0 saturated carbocycles. The maximum Gasteiger partial charge on any atom is 0.263 e. The quantitative estimate of drug-likeness (QED) is 0.763. The van der Waals surface area contributed by atoms with E-state index in [1.807, 2.05) is 6.07 Å². The van der Waals surface area contributed by atoms with Crippen molar-refractivity contribution in [2.45, 2.75) is 6.42 Å². The summed E-state index contributed by atoms with van der Waals surface area (Å²) in [5.41, 5.74) is 6.37. The number of nitrogens with zero attached hydrogens (tertiary/aromatic N) is 1. The summed E-state index contributed by atoms with van der Waals surface area (Å²) >= 11 is 1.41. The van der Waals surface area contributed by atoms with E-state index in [1.54, 1.807) is 7.05 Å². The van der Waals surface area contributed by atoms with E-state index >= 15 is 0 Å². The summed E-state index contributed by atoms with van der Waals surface area (Å²) in [5.74, 6) is 0.563. The highest BCUT2D eigenvalue weighted by Crippen LogP contribution is 2.29. The third-order valence-electron chi connectivity index (χ3n) is 3.25. The van der Waals surface area contributed by atoms with Crippen LogP contribution in [-0.2, 0) is 0 Å². The van der Waals surface area contributed by atoms with Crippen LogP contribution in [0.15, 0.2) is 6.07 Å². The fourth-order valence-corrected chi connectivity index (χ4v) is 3.15. The summed E-state index contributed by atoms with van der Waals surface area (Å²) in [6, 6.07) is 1.84. The highest BCUT2D eigenvalue weighted by molar-refractivity contribution is 7.18. The molecule has 0 aromatic carbocycles. The van der Waals surface area contributed by atoms with Gasteiger partial charge in [0.05, 0.1) is 10.7 Å². The Labute approximate surface area is 111 Å². The van der Waals surface area contributed by atoms with Crippen molar-refractivity contribution in [1.82, 2.24) is 10.2 Å². The van der Waals surface area contributed by atoms with Crippen LogP contribution in [-0.4, -0.2) is 44.5 Å². The molecule has 100 valence electrons. The van der Waals surface area contributed by atoms with Gasteiger partial charge in [-0.25, -0.2) is 0 Å². The van der Waals surface area contributed by atoms with Gasteiger partial charge in [0.1, 0.15) is 4.88 Å². The van der Waals surface area contributed by atoms with Gasteiger partial charge in [-0.05, 0) is 32.0 Å². The number of hydrogen-bond donors (Lipinski definition) is 3. The molecule has 6 heteroatoms. The minimum absolute atomic E-state index is 0.119. The number of nitrogens with one attached hydrogen (secondary N) is 2. The molecule has 2 rings (SSSR count). The molecule has 1 aliphatic rings. The van der Waals surface area contributed by atoms with Crippen LogP contribution >= 0.6 is 11.3 Å². The summed E-state index contributed by atoms with van der Waals surface area (Å²) < 4.78 is 0. The number of nitrogens with two attached hydrogens (primary N) is 1. The molecule has 1 fully saturated rings. The van der Waals surface area contributed by atoms with Gasteiger partial charge in [0.15, 0.2) is 0 Å². The molecule has 5 nitrogen and oxygen atoms in total. The Hall–Kier alpha value is -1.27. The summed E-state index contributed by atoms with van der Waals surface area (Å²) in [6.07, 6.45) is 1.23. The lowest BCUT2D eigenvalue weighted by molar-refractivity contribution is 0.0968. The lowest BCUT2D eigenvalue weighted by Crippen LogP contribution is -2.18. The Bertz CT molecular complexity index is 432. The highest BCUT2D eigenvalue weighted by Gasteiger charge is 2.19. The third-order valence-corrected chi connectivity index (χ3v) is 4.36. The van der Waals surface area contributed by atoms with Crippen LogP contribution in [0, 0.1) is 5.92 Å². The summed E-state index contributed by atoms with van der Waals surface area (Å²) in [7, 11) is 3.76. The van der Waals surface area contributed by atoms with Crippen LogP contribution in [0.2, 0.25) is 0 Å². The Morgan fingerprint density at radius 3 is 3.06 bits per heavy atom. The van der Waals surface area contributed by atoms with Gasteiger partial charge in [0.2, 0.25) is 0 Å². The molecule has 1 amide bonds. The van der Waals surface area contributed by atoms with Gasteiger partial charge >= 0.3 is 0 Å². The fraction of sp³-hybridized carbons (Fsp3) is 0.583. The topological polar surface area (TPSA) is 70.4 Å². The van der Waals surface area contributed by atoms with Crippen LogP contribution in [0.3, 0.4) is 0 Å². The van der Waals surface area contributed by atoms with E-state index in [9.17, 15) is 4.79 Å². The molecule has 1 saturated heterocycles. The first-order chi connectivity index (χ1) is 8.60. The highest BCUT2D eigenvalue weighted by atomic mass is 32.1. The van der Waals surface area contributed by atoms with Gasteiger partial charge in [-0.1, -0.05) is 0 Å². The molecule has 1 aromatic rings. The van der Waals surface area contributed by atoms with Gasteiger partial charge in [0.25, 0.3) is 5.91 Å². The molecule has 0 aliphatic carbocycles. The van der Waals surface area contributed by atoms with Crippen LogP contribution < -0.4 is 16.4 Å². The normalized spacial score (nSPS) is 20.0. The van der Waals surface area contributed by atoms with Gasteiger partial charge in [-0.15, -0.1) is 11.3 Å². The Morgan fingerprint density at radius 1 is 1.67 bits per heavy atom. The van der Waals surface area contributed by atoms with E-state index in [2.05, 4.69) is 22.6 Å². The SMILES string of the molecule is CNC(=O)c1sc(NCC2CCN(C)C2)cc1N. The van der Waals surface area contributed by atoms with Gasteiger partial charge in [0, 0.05) is 20.1 Å². The third kappa shape index (κ3) is 2.94. The van der Waals surface area contributed by atoms with Gasteiger partial charge in [-0.2, -0.15) is 0 Å². The molecule has 2 heterocycles. The first-order valence-electron chi connectivity index (χ1n) is 6.14. The Balaban J connectivity index is 1.92. The van der Waals surface area contributed by atoms with E-state index in [-0.39, 0.29) is 5.91 Å². The number of amides is 1. The first-order valence-corrected chi connectivity index (χ1v) is 6.95. The molecule has 1 aromatic heterocycles. The maximum absolute atomic E-state index is 11.5. The van der Waals surface area contributed by atoms with Crippen molar-refractivity contribution in [3.8, 4) is 0 Å². The van der Waals surface area contributed by atoms with Crippen molar-refractivity contribution >= 4 is 27.9 Å². The van der Waals surface area contributed by atoms with E-state index in [0.717, 1.165) is 18.1 Å². The molecule has 1 unspecified atom stereocenters. The zero-order valence-corrected chi connectivity index (χ0v) is 11.6. The zero-order valence-electron chi connectivity index (χ0n) is 10.8. The predicted octanol–water partition coefficient (Wildman–Crippen LogP) is 1.05. The molecule has 0 bridgehead atoms. The number of rotatable bonds is 4. The smallest absolute Gasteiger partial charge is 0.263 e. The van der Waals surface area contributed by atoms with Crippen LogP contribution in [0.1, 0.15) is 16.1 Å². The molecule has 0 radical (unpaired) electrons. The molecule has 1 atom stereocenters. The Morgan fingerprint density at radius 2 is 2.44 bits per heavy atom. The zero-order chi connectivity index (χ0) is 13.1. The van der Waals surface area contributed by atoms with Crippen molar-refractivity contribution in [3.63, 3.8) is 0 Å². The van der Waals surface area contributed by atoms with E-state index < -0.39 is 0 Å². The lowest BCUT2D eigenvalue weighted by Gasteiger charge is -2.11. The average Bonchev–Trinajstić information content (AvgIpc) is 2.92. The standard InChI is InChI=1S/C12H20N4OS/c1-14-12(17)11-9(13)5-10(18-11)15-6-8-3-4-16(2)7-8/h5,8,15H,3-4,6-7,13H2,1-2H3,(H,14,17). The van der Waals surface area contributed by atoms with Gasteiger partial charge in [-0.3, -0.25) is 4.79 Å². The number of hydrogen-bond acceptors (Lipinski definition) is 5. The number of thiophene rings is 1. The molecule has 0 spiro atoms. The summed E-state index contributed by atoms with van der Waals surface area (Å²) in [5, 5.41) is 6.95. The minimum atomic E-state index is -0.119. The summed E-state index contributed by atoms with van der Waals surface area (Å²) in [4.78, 5) is 14.5. The monoisotopic (exact) mass is 268 g/mol. The molecule has 18 heavy (non-hydrogen) atoms. The second kappa shape index (κ2) is 5.58.